The number of nitrogens with two attached hydrogens (primary N) is 1. The van der Waals surface area contributed by atoms with Crippen molar-refractivity contribution in [1.29, 1.82) is 0 Å². The molecular formula is C19H20N4O8S. The first-order valence-corrected chi connectivity index (χ1v) is 10.9. The molecular weight excluding hydrogens is 444 g/mol. The number of morpholine rings is 1. The molecule has 32 heavy (non-hydrogen) atoms. The van der Waals surface area contributed by atoms with Gasteiger partial charge in [0.1, 0.15) is 0 Å². The second-order valence-electron chi connectivity index (χ2n) is 6.76. The summed E-state index contributed by atoms with van der Waals surface area (Å²) in [5, 5.41) is 18.6. The largest absolute Gasteiger partial charge is 0.452 e. The number of non-ortho nitro benzene ring substituents is 1. The fourth-order valence-corrected chi connectivity index (χ4v) is 3.60. The summed E-state index contributed by atoms with van der Waals surface area (Å²) in [5.41, 5.74) is 0.232. The minimum absolute atomic E-state index is 0.0508. The fourth-order valence-electron chi connectivity index (χ4n) is 3.04. The molecule has 2 aromatic carbocycles. The minimum atomic E-state index is -3.95. The Morgan fingerprint density at radius 2 is 1.91 bits per heavy atom. The number of amides is 1. The van der Waals surface area contributed by atoms with Crippen LogP contribution >= 0.6 is 0 Å². The number of carbonyl (C=O) groups is 2. The molecule has 0 radical (unpaired) electrons. The van der Waals surface area contributed by atoms with Gasteiger partial charge in [-0.1, -0.05) is 6.07 Å². The number of primary sulfonamides is 1. The summed E-state index contributed by atoms with van der Waals surface area (Å²) in [7, 11) is -3.95. The average molecular weight is 464 g/mol. The Balaban J connectivity index is 1.71. The van der Waals surface area contributed by atoms with E-state index in [1.54, 1.807) is 0 Å². The molecule has 12 nitrogen and oxygen atoms in total. The average Bonchev–Trinajstić information content (AvgIpc) is 2.77. The summed E-state index contributed by atoms with van der Waals surface area (Å²) in [4.78, 5) is 37.0. The van der Waals surface area contributed by atoms with Crippen LogP contribution in [0.1, 0.15) is 10.4 Å². The van der Waals surface area contributed by atoms with Crippen LogP contribution in [0.15, 0.2) is 47.4 Å². The first-order chi connectivity index (χ1) is 15.1. The predicted octanol–water partition coefficient (Wildman–Crippen LogP) is 0.874. The van der Waals surface area contributed by atoms with Crippen molar-refractivity contribution in [2.24, 2.45) is 5.14 Å². The fraction of sp³-hybridized carbons (Fsp3) is 0.263. The first kappa shape index (κ1) is 23.1. The molecule has 1 saturated heterocycles. The van der Waals surface area contributed by atoms with Crippen LogP contribution in [0.2, 0.25) is 0 Å². The third-order valence-electron chi connectivity index (χ3n) is 4.54. The van der Waals surface area contributed by atoms with E-state index in [1.807, 2.05) is 4.90 Å². The third-order valence-corrected chi connectivity index (χ3v) is 5.45. The molecule has 0 saturated carbocycles. The number of hydrogen-bond donors (Lipinski definition) is 2. The molecule has 1 heterocycles. The molecule has 1 aliphatic rings. The number of nitro groups is 1. The number of rotatable bonds is 7. The normalized spacial score (nSPS) is 14.0. The summed E-state index contributed by atoms with van der Waals surface area (Å²) in [5.74, 6) is -1.65. The molecule has 2 aromatic rings. The van der Waals surface area contributed by atoms with E-state index in [1.165, 1.54) is 30.3 Å². The molecule has 170 valence electrons. The summed E-state index contributed by atoms with van der Waals surface area (Å²) >= 11 is 0. The van der Waals surface area contributed by atoms with Crippen LogP contribution in [0.5, 0.6) is 0 Å². The van der Waals surface area contributed by atoms with Gasteiger partial charge in [-0.15, -0.1) is 0 Å². The molecule has 1 aliphatic heterocycles. The zero-order valence-electron chi connectivity index (χ0n) is 16.7. The number of nitro benzene ring substituents is 1. The highest BCUT2D eigenvalue weighted by Gasteiger charge is 2.23. The van der Waals surface area contributed by atoms with Gasteiger partial charge in [0.15, 0.2) is 6.61 Å². The van der Waals surface area contributed by atoms with Gasteiger partial charge in [0.25, 0.3) is 11.6 Å². The highest BCUT2D eigenvalue weighted by Crippen LogP contribution is 2.27. The second kappa shape index (κ2) is 9.72. The van der Waals surface area contributed by atoms with Crippen molar-refractivity contribution in [1.82, 2.24) is 0 Å². The van der Waals surface area contributed by atoms with Crippen molar-refractivity contribution >= 4 is 39.0 Å². The van der Waals surface area contributed by atoms with Crippen LogP contribution in [-0.2, 0) is 24.3 Å². The van der Waals surface area contributed by atoms with Gasteiger partial charge in [-0.25, -0.2) is 18.4 Å². The van der Waals surface area contributed by atoms with Crippen LogP contribution in [0.25, 0.3) is 0 Å². The lowest BCUT2D eigenvalue weighted by molar-refractivity contribution is -0.384. The van der Waals surface area contributed by atoms with Crippen molar-refractivity contribution in [3.63, 3.8) is 0 Å². The van der Waals surface area contributed by atoms with Crippen molar-refractivity contribution in [3.8, 4) is 0 Å². The van der Waals surface area contributed by atoms with Crippen LogP contribution < -0.4 is 15.4 Å². The smallest absolute Gasteiger partial charge is 0.341 e. The molecule has 0 aliphatic carbocycles. The van der Waals surface area contributed by atoms with E-state index in [2.05, 4.69) is 5.32 Å². The number of nitrogens with zero attached hydrogens (tertiary/aromatic N) is 2. The van der Waals surface area contributed by atoms with Gasteiger partial charge in [0, 0.05) is 30.9 Å². The number of carbonyl (C=O) groups excluding carboxylic acids is 2. The van der Waals surface area contributed by atoms with Gasteiger partial charge in [0.2, 0.25) is 10.0 Å². The maximum absolute atomic E-state index is 12.6. The van der Waals surface area contributed by atoms with E-state index in [4.69, 9.17) is 14.6 Å². The summed E-state index contributed by atoms with van der Waals surface area (Å²) < 4.78 is 33.2. The molecule has 0 unspecified atom stereocenters. The van der Waals surface area contributed by atoms with E-state index in [-0.39, 0.29) is 21.8 Å². The lowest BCUT2D eigenvalue weighted by Crippen LogP contribution is -2.37. The Bertz CT molecular complexity index is 1150. The van der Waals surface area contributed by atoms with Crippen molar-refractivity contribution in [2.45, 2.75) is 4.90 Å². The van der Waals surface area contributed by atoms with Gasteiger partial charge in [-0.2, -0.15) is 0 Å². The second-order valence-corrected chi connectivity index (χ2v) is 8.32. The van der Waals surface area contributed by atoms with Gasteiger partial charge < -0.3 is 19.7 Å². The standard InChI is InChI=1S/C19H20N4O8S/c20-32(28,29)15-3-1-2-13(10-15)21-18(24)12-31-19(25)16-11-14(23(26)27)4-5-17(16)22-6-8-30-9-7-22/h1-5,10-11H,6-9,12H2,(H,21,24)(H2,20,28,29). The highest BCUT2D eigenvalue weighted by atomic mass is 32.2. The number of sulfonamides is 1. The Kier molecular flexibility index (Phi) is 7.02. The van der Waals surface area contributed by atoms with Gasteiger partial charge in [-0.05, 0) is 24.3 Å². The number of esters is 1. The molecule has 0 spiro atoms. The van der Waals surface area contributed by atoms with E-state index in [9.17, 15) is 28.1 Å². The lowest BCUT2D eigenvalue weighted by atomic mass is 10.1. The quantitative estimate of drug-likeness (QED) is 0.343. The van der Waals surface area contributed by atoms with Gasteiger partial charge in [-0.3, -0.25) is 14.9 Å². The van der Waals surface area contributed by atoms with Crippen molar-refractivity contribution in [2.75, 3.05) is 43.1 Å². The summed E-state index contributed by atoms with van der Waals surface area (Å²) in [6.07, 6.45) is 0. The van der Waals surface area contributed by atoms with E-state index in [0.717, 1.165) is 12.1 Å². The number of benzene rings is 2. The maximum Gasteiger partial charge on any atom is 0.341 e. The zero-order chi connectivity index (χ0) is 23.3. The Morgan fingerprint density at radius 1 is 1.19 bits per heavy atom. The summed E-state index contributed by atoms with van der Waals surface area (Å²) in [6.45, 7) is 1.15. The minimum Gasteiger partial charge on any atom is -0.452 e. The van der Waals surface area contributed by atoms with E-state index < -0.39 is 33.4 Å². The van der Waals surface area contributed by atoms with Crippen molar-refractivity contribution < 1.29 is 32.4 Å². The molecule has 13 heteroatoms. The van der Waals surface area contributed by atoms with Gasteiger partial charge >= 0.3 is 5.97 Å². The van der Waals surface area contributed by atoms with Crippen molar-refractivity contribution in [3.05, 3.63) is 58.1 Å². The molecule has 0 aromatic heterocycles. The van der Waals surface area contributed by atoms with E-state index in [0.29, 0.717) is 32.0 Å². The Hall–Kier alpha value is -3.55. The monoisotopic (exact) mass is 464 g/mol. The number of nitrogens with one attached hydrogen (secondary N) is 1. The SMILES string of the molecule is NS(=O)(=O)c1cccc(NC(=O)COC(=O)c2cc([N+](=O)[O-])ccc2N2CCOCC2)c1. The van der Waals surface area contributed by atoms with Crippen LogP contribution in [0.4, 0.5) is 17.1 Å². The molecule has 1 fully saturated rings. The van der Waals surface area contributed by atoms with E-state index >= 15 is 0 Å². The van der Waals surface area contributed by atoms with Gasteiger partial charge in [0.05, 0.1) is 34.3 Å². The first-order valence-electron chi connectivity index (χ1n) is 9.36. The topological polar surface area (TPSA) is 171 Å². The number of ether oxygens (including phenoxy) is 2. The number of hydrogen-bond acceptors (Lipinski definition) is 9. The molecule has 1 amide bonds. The maximum atomic E-state index is 12.6. The highest BCUT2D eigenvalue weighted by molar-refractivity contribution is 7.89. The Labute approximate surface area is 183 Å². The molecule has 0 atom stereocenters. The van der Waals surface area contributed by atoms with Crippen LogP contribution in [0.3, 0.4) is 0 Å². The lowest BCUT2D eigenvalue weighted by Gasteiger charge is -2.30. The van der Waals surface area contributed by atoms with Crippen LogP contribution in [-0.4, -0.2) is 58.1 Å². The third kappa shape index (κ3) is 5.78. The Morgan fingerprint density at radius 3 is 2.56 bits per heavy atom. The van der Waals surface area contributed by atoms with Crippen LogP contribution in [0, 0.1) is 10.1 Å². The molecule has 3 N–H and O–H groups in total. The molecule has 0 bridgehead atoms. The number of anilines is 2. The zero-order valence-corrected chi connectivity index (χ0v) is 17.5. The molecule has 3 rings (SSSR count). The summed E-state index contributed by atoms with van der Waals surface area (Å²) in [6, 6.07) is 9.09. The predicted molar refractivity (Wildman–Crippen MR) is 113 cm³/mol.